The molecule has 128 valence electrons. The summed E-state index contributed by atoms with van der Waals surface area (Å²) in [6.07, 6.45) is 3.86. The zero-order valence-electron chi connectivity index (χ0n) is 14.3. The number of hydrogen-bond acceptors (Lipinski definition) is 3. The Kier molecular flexibility index (Phi) is 4.53. The van der Waals surface area contributed by atoms with Crippen LogP contribution in [0.25, 0.3) is 0 Å². The van der Waals surface area contributed by atoms with Crippen LogP contribution in [0, 0.1) is 0 Å². The molecule has 0 fully saturated rings. The lowest BCUT2D eigenvalue weighted by Gasteiger charge is -2.29. The highest BCUT2D eigenvalue weighted by atomic mass is 16.3. The number of aromatic hydroxyl groups is 1. The maximum absolute atomic E-state index is 9.63. The third-order valence-corrected chi connectivity index (χ3v) is 4.88. The van der Waals surface area contributed by atoms with Gasteiger partial charge in [0, 0.05) is 38.8 Å². The van der Waals surface area contributed by atoms with Crippen LogP contribution in [-0.2, 0) is 25.9 Å². The zero-order chi connectivity index (χ0) is 17.1. The van der Waals surface area contributed by atoms with Gasteiger partial charge in [-0.25, -0.2) is 4.98 Å². The van der Waals surface area contributed by atoms with E-state index in [-0.39, 0.29) is 0 Å². The van der Waals surface area contributed by atoms with Gasteiger partial charge in [-0.15, -0.1) is 0 Å². The molecular weight excluding hydrogens is 310 g/mol. The smallest absolute Gasteiger partial charge is 0.115 e. The highest BCUT2D eigenvalue weighted by Gasteiger charge is 2.19. The molecule has 1 aliphatic rings. The van der Waals surface area contributed by atoms with Gasteiger partial charge in [0.25, 0.3) is 0 Å². The summed E-state index contributed by atoms with van der Waals surface area (Å²) in [6.45, 7) is 4.08. The number of imidazole rings is 1. The lowest BCUT2D eigenvalue weighted by atomic mass is 10.1. The van der Waals surface area contributed by atoms with Gasteiger partial charge in [0.15, 0.2) is 0 Å². The first-order valence-corrected chi connectivity index (χ1v) is 8.85. The Morgan fingerprint density at radius 3 is 2.64 bits per heavy atom. The molecule has 0 spiro atoms. The first-order valence-electron chi connectivity index (χ1n) is 8.85. The minimum atomic E-state index is 0.315. The number of phenolic OH excluding ortho intramolecular Hbond substituents is 1. The van der Waals surface area contributed by atoms with E-state index < -0.39 is 0 Å². The van der Waals surface area contributed by atoms with Crippen molar-refractivity contribution in [1.29, 1.82) is 0 Å². The zero-order valence-corrected chi connectivity index (χ0v) is 14.3. The molecule has 0 radical (unpaired) electrons. The lowest BCUT2D eigenvalue weighted by molar-refractivity contribution is 0.222. The molecule has 0 amide bonds. The summed E-state index contributed by atoms with van der Waals surface area (Å²) in [6, 6.07) is 18.1. The molecule has 0 atom stereocenters. The van der Waals surface area contributed by atoms with Crippen LogP contribution in [-0.4, -0.2) is 32.6 Å². The normalized spacial score (nSPS) is 14.4. The van der Waals surface area contributed by atoms with Gasteiger partial charge in [-0.1, -0.05) is 42.5 Å². The van der Waals surface area contributed by atoms with E-state index in [0.29, 0.717) is 5.75 Å². The van der Waals surface area contributed by atoms with Crippen LogP contribution in [0.1, 0.15) is 22.6 Å². The molecule has 2 heterocycles. The number of benzene rings is 2. The van der Waals surface area contributed by atoms with E-state index in [0.717, 1.165) is 50.4 Å². The molecule has 0 aliphatic carbocycles. The monoisotopic (exact) mass is 333 g/mol. The quantitative estimate of drug-likeness (QED) is 0.779. The fourth-order valence-electron chi connectivity index (χ4n) is 3.52. The van der Waals surface area contributed by atoms with Crippen LogP contribution >= 0.6 is 0 Å². The van der Waals surface area contributed by atoms with E-state index in [2.05, 4.69) is 44.8 Å². The molecule has 0 saturated carbocycles. The van der Waals surface area contributed by atoms with Gasteiger partial charge in [0.1, 0.15) is 11.6 Å². The van der Waals surface area contributed by atoms with Crippen LogP contribution in [0.3, 0.4) is 0 Å². The van der Waals surface area contributed by atoms with Gasteiger partial charge in [-0.3, -0.25) is 4.90 Å². The number of rotatable bonds is 5. The van der Waals surface area contributed by atoms with Crippen molar-refractivity contribution < 1.29 is 5.11 Å². The lowest BCUT2D eigenvalue weighted by Crippen LogP contribution is -2.35. The Morgan fingerprint density at radius 2 is 1.80 bits per heavy atom. The molecule has 4 rings (SSSR count). The summed E-state index contributed by atoms with van der Waals surface area (Å²) in [7, 11) is 0. The molecule has 0 saturated heterocycles. The Bertz CT molecular complexity index is 841. The highest BCUT2D eigenvalue weighted by Crippen LogP contribution is 2.19. The van der Waals surface area contributed by atoms with E-state index >= 15 is 0 Å². The van der Waals surface area contributed by atoms with Crippen molar-refractivity contribution in [2.45, 2.75) is 25.9 Å². The second-order valence-corrected chi connectivity index (χ2v) is 6.68. The van der Waals surface area contributed by atoms with Crippen LogP contribution in [0.2, 0.25) is 0 Å². The molecule has 1 N–H and O–H groups in total. The number of fused-ring (bicyclic) bond motifs is 1. The first-order chi connectivity index (χ1) is 12.3. The predicted octanol–water partition coefficient (Wildman–Crippen LogP) is 3.24. The predicted molar refractivity (Wildman–Crippen MR) is 98.6 cm³/mol. The number of hydrogen-bond donors (Lipinski definition) is 1. The van der Waals surface area contributed by atoms with E-state index in [1.165, 1.54) is 11.3 Å². The van der Waals surface area contributed by atoms with Crippen molar-refractivity contribution in [1.82, 2.24) is 14.5 Å². The van der Waals surface area contributed by atoms with Crippen LogP contribution < -0.4 is 0 Å². The molecule has 0 bridgehead atoms. The van der Waals surface area contributed by atoms with E-state index in [1.54, 1.807) is 6.07 Å². The van der Waals surface area contributed by atoms with Gasteiger partial charge in [0.05, 0.1) is 5.69 Å². The third-order valence-electron chi connectivity index (χ3n) is 4.88. The molecule has 4 nitrogen and oxygen atoms in total. The maximum atomic E-state index is 9.63. The molecule has 4 heteroatoms. The van der Waals surface area contributed by atoms with Crippen molar-refractivity contribution in [2.75, 3.05) is 13.1 Å². The molecule has 3 aromatic rings. The van der Waals surface area contributed by atoms with E-state index in [4.69, 9.17) is 0 Å². The molecule has 1 aromatic heterocycles. The van der Waals surface area contributed by atoms with Crippen LogP contribution in [0.15, 0.2) is 60.8 Å². The van der Waals surface area contributed by atoms with Crippen LogP contribution in [0.5, 0.6) is 5.75 Å². The third kappa shape index (κ3) is 3.74. The molecule has 1 aliphatic heterocycles. The summed E-state index contributed by atoms with van der Waals surface area (Å²) >= 11 is 0. The first kappa shape index (κ1) is 15.9. The Balaban J connectivity index is 1.40. The van der Waals surface area contributed by atoms with Gasteiger partial charge in [0.2, 0.25) is 0 Å². The van der Waals surface area contributed by atoms with E-state index in [1.807, 2.05) is 24.4 Å². The van der Waals surface area contributed by atoms with Crippen molar-refractivity contribution in [3.05, 3.63) is 83.4 Å². The minimum absolute atomic E-state index is 0.315. The topological polar surface area (TPSA) is 41.3 Å². The highest BCUT2D eigenvalue weighted by molar-refractivity contribution is 5.29. The standard InChI is InChI=1S/C21H23N3O/c25-20-8-4-7-18(13-20)14-21-22-15-19-16-23(11-12-24(19)21)10-9-17-5-2-1-3-6-17/h1-8,13,15,25H,9-12,14,16H2. The van der Waals surface area contributed by atoms with Crippen molar-refractivity contribution in [3.63, 3.8) is 0 Å². The minimum Gasteiger partial charge on any atom is -0.508 e. The summed E-state index contributed by atoms with van der Waals surface area (Å²) in [4.78, 5) is 7.13. The van der Waals surface area contributed by atoms with Crippen molar-refractivity contribution in [3.8, 4) is 5.75 Å². The van der Waals surface area contributed by atoms with Gasteiger partial charge in [-0.05, 0) is 29.7 Å². The maximum Gasteiger partial charge on any atom is 0.115 e. The summed E-state index contributed by atoms with van der Waals surface area (Å²) in [5.74, 6) is 1.40. The molecule has 2 aromatic carbocycles. The summed E-state index contributed by atoms with van der Waals surface area (Å²) in [5, 5.41) is 9.63. The largest absolute Gasteiger partial charge is 0.508 e. The Hall–Kier alpha value is -2.59. The van der Waals surface area contributed by atoms with Crippen LogP contribution in [0.4, 0.5) is 0 Å². The summed E-state index contributed by atoms with van der Waals surface area (Å²) in [5.41, 5.74) is 3.78. The van der Waals surface area contributed by atoms with Crippen molar-refractivity contribution in [2.24, 2.45) is 0 Å². The number of nitrogens with zero attached hydrogens (tertiary/aromatic N) is 3. The fourth-order valence-corrected chi connectivity index (χ4v) is 3.52. The molecule has 0 unspecified atom stereocenters. The second-order valence-electron chi connectivity index (χ2n) is 6.68. The van der Waals surface area contributed by atoms with Crippen molar-refractivity contribution >= 4 is 0 Å². The Morgan fingerprint density at radius 1 is 0.960 bits per heavy atom. The second kappa shape index (κ2) is 7.11. The average molecular weight is 333 g/mol. The Labute approximate surface area is 148 Å². The van der Waals surface area contributed by atoms with Gasteiger partial charge >= 0.3 is 0 Å². The van der Waals surface area contributed by atoms with Gasteiger partial charge in [-0.2, -0.15) is 0 Å². The fraction of sp³-hybridized carbons (Fsp3) is 0.286. The number of aromatic nitrogens is 2. The molecule has 25 heavy (non-hydrogen) atoms. The molecular formula is C21H23N3O. The summed E-state index contributed by atoms with van der Waals surface area (Å²) < 4.78 is 2.34. The SMILES string of the molecule is Oc1cccc(Cc2ncc3n2CCN(CCc2ccccc2)C3)c1. The average Bonchev–Trinajstić information content (AvgIpc) is 3.03. The van der Waals surface area contributed by atoms with Gasteiger partial charge < -0.3 is 9.67 Å². The van der Waals surface area contributed by atoms with E-state index in [9.17, 15) is 5.11 Å². The number of phenols is 1.